The van der Waals surface area contributed by atoms with E-state index in [4.69, 9.17) is 0 Å². The fourth-order valence-electron chi connectivity index (χ4n) is 2.35. The van der Waals surface area contributed by atoms with Gasteiger partial charge in [-0.05, 0) is 34.1 Å². The molecule has 0 fully saturated rings. The molecule has 0 bridgehead atoms. The van der Waals surface area contributed by atoms with Crippen LogP contribution in [-0.4, -0.2) is 6.29 Å². The average molecular weight is 395 g/mol. The van der Waals surface area contributed by atoms with Gasteiger partial charge in [-0.15, -0.1) is 8.78 Å². The summed E-state index contributed by atoms with van der Waals surface area (Å²) < 4.78 is 34.1. The summed E-state index contributed by atoms with van der Waals surface area (Å²) in [5.74, 6) is 0.195. The van der Waals surface area contributed by atoms with Crippen LogP contribution in [0.4, 0.5) is 8.78 Å². The van der Waals surface area contributed by atoms with E-state index >= 15 is 0 Å². The van der Waals surface area contributed by atoms with Crippen molar-refractivity contribution in [2.75, 3.05) is 0 Å². The molecule has 28 heavy (non-hydrogen) atoms. The largest absolute Gasteiger partial charge is 0.586 e. The first-order valence-corrected chi connectivity index (χ1v) is 9.34. The number of hydrogen-bond acceptors (Lipinski definition) is 2. The van der Waals surface area contributed by atoms with Crippen LogP contribution in [0.25, 0.3) is 0 Å². The summed E-state index contributed by atoms with van der Waals surface area (Å²) in [6.45, 7) is 16.7. The smallest absolute Gasteiger partial charge is 0.395 e. The zero-order valence-electron chi connectivity index (χ0n) is 17.7. The summed E-state index contributed by atoms with van der Waals surface area (Å²) in [5, 5.41) is 0. The number of alkyl halides is 2. The normalized spacial score (nSPS) is 13.9. The van der Waals surface area contributed by atoms with Crippen LogP contribution in [0, 0.1) is 0 Å². The van der Waals surface area contributed by atoms with Gasteiger partial charge < -0.3 is 9.47 Å². The van der Waals surface area contributed by atoms with E-state index in [0.29, 0.717) is 5.41 Å². The lowest BCUT2D eigenvalue weighted by atomic mass is 9.87. The van der Waals surface area contributed by atoms with Crippen LogP contribution in [-0.2, 0) is 10.8 Å². The minimum Gasteiger partial charge on any atom is -0.395 e. The molecule has 0 radical (unpaired) electrons. The highest BCUT2D eigenvalue weighted by Gasteiger charge is 2.43. The van der Waals surface area contributed by atoms with Crippen LogP contribution in [0.3, 0.4) is 0 Å². The summed E-state index contributed by atoms with van der Waals surface area (Å²) in [5.41, 5.74) is 2.52. The van der Waals surface area contributed by atoms with Crippen LogP contribution in [0.2, 0.25) is 0 Å². The molecule has 0 unspecified atom stereocenters. The molecule has 0 aromatic heterocycles. The first kappa shape index (κ1) is 25.9. The Kier molecular flexibility index (Phi) is 9.16. The first-order valence-electron chi connectivity index (χ1n) is 9.34. The Morgan fingerprint density at radius 2 is 1.14 bits per heavy atom. The Bertz CT molecular complexity index is 712. The molecule has 4 heteroatoms. The number of halogens is 2. The molecule has 0 atom stereocenters. The second-order valence-corrected chi connectivity index (χ2v) is 8.20. The molecular weight excluding hydrogens is 358 g/mol. The van der Waals surface area contributed by atoms with E-state index < -0.39 is 6.29 Å². The van der Waals surface area contributed by atoms with E-state index in [2.05, 4.69) is 60.6 Å². The minimum atomic E-state index is -3.53. The van der Waals surface area contributed by atoms with Crippen molar-refractivity contribution in [1.29, 1.82) is 0 Å². The van der Waals surface area contributed by atoms with Crippen molar-refractivity contribution in [2.45, 2.75) is 79.9 Å². The van der Waals surface area contributed by atoms with E-state index in [1.54, 1.807) is 12.1 Å². The Balaban J connectivity index is 0.000000493. The lowest BCUT2D eigenvalue weighted by Gasteiger charge is -2.18. The third-order valence-corrected chi connectivity index (χ3v) is 3.91. The number of hydrogen-bond donors (Lipinski definition) is 0. The van der Waals surface area contributed by atoms with Crippen LogP contribution in [0.15, 0.2) is 48.5 Å². The highest BCUT2D eigenvalue weighted by atomic mass is 19.3. The number of fused-ring (bicyclic) bond motifs is 1. The topological polar surface area (TPSA) is 18.5 Å². The Morgan fingerprint density at radius 3 is 1.57 bits per heavy atom. The van der Waals surface area contributed by atoms with Gasteiger partial charge in [0.2, 0.25) is 0 Å². The highest BCUT2D eigenvalue weighted by Crippen LogP contribution is 2.42. The van der Waals surface area contributed by atoms with E-state index in [1.807, 2.05) is 34.6 Å². The summed E-state index contributed by atoms with van der Waals surface area (Å²) >= 11 is 0. The number of benzene rings is 2. The fraction of sp³-hybridized carbons (Fsp3) is 0.500. The van der Waals surface area contributed by atoms with Gasteiger partial charge in [0.05, 0.1) is 0 Å². The zero-order chi connectivity index (χ0) is 20.9. The monoisotopic (exact) mass is 394 g/mol. The highest BCUT2D eigenvalue weighted by molar-refractivity contribution is 5.46. The molecule has 0 amide bonds. The summed E-state index contributed by atoms with van der Waals surface area (Å²) in [7, 11) is 0. The second-order valence-electron chi connectivity index (χ2n) is 8.20. The lowest BCUT2D eigenvalue weighted by molar-refractivity contribution is -0.286. The second kappa shape index (κ2) is 9.90. The van der Waals surface area contributed by atoms with Crippen LogP contribution < -0.4 is 9.47 Å². The summed E-state index contributed by atoms with van der Waals surface area (Å²) in [6, 6.07) is 15.4. The van der Waals surface area contributed by atoms with Gasteiger partial charge in [-0.3, -0.25) is 0 Å². The standard InChI is InChI=1S/C11H12F2O2.C10H14.C2H6.CH4/c1-10(2,3)7-4-5-8-9(6-7)15-11(12,13)14-8;1-10(2,3)9-7-5-4-6-8-9;1-2;/h4-6H,1-3H3;4-8H,1-3H3;1-2H3;1H4. The number of rotatable bonds is 0. The van der Waals surface area contributed by atoms with Gasteiger partial charge in [-0.1, -0.05) is 99.2 Å². The van der Waals surface area contributed by atoms with Gasteiger partial charge in [0, 0.05) is 0 Å². The third kappa shape index (κ3) is 7.49. The quantitative estimate of drug-likeness (QED) is 0.451. The van der Waals surface area contributed by atoms with Gasteiger partial charge in [-0.2, -0.15) is 0 Å². The first-order chi connectivity index (χ1) is 12.4. The van der Waals surface area contributed by atoms with E-state index in [0.717, 1.165) is 5.56 Å². The molecule has 158 valence electrons. The summed E-state index contributed by atoms with van der Waals surface area (Å²) in [4.78, 5) is 0. The third-order valence-electron chi connectivity index (χ3n) is 3.91. The van der Waals surface area contributed by atoms with E-state index in [-0.39, 0.29) is 24.3 Å². The van der Waals surface area contributed by atoms with Crippen molar-refractivity contribution in [3.8, 4) is 11.5 Å². The van der Waals surface area contributed by atoms with Crippen molar-refractivity contribution >= 4 is 0 Å². The zero-order valence-corrected chi connectivity index (χ0v) is 17.7. The van der Waals surface area contributed by atoms with Crippen LogP contribution in [0.5, 0.6) is 11.5 Å². The molecule has 2 aromatic carbocycles. The van der Waals surface area contributed by atoms with Crippen molar-refractivity contribution in [3.63, 3.8) is 0 Å². The van der Waals surface area contributed by atoms with Gasteiger partial charge in [0.1, 0.15) is 0 Å². The van der Waals surface area contributed by atoms with Crippen LogP contribution >= 0.6 is 0 Å². The van der Waals surface area contributed by atoms with Crippen molar-refractivity contribution in [2.24, 2.45) is 0 Å². The molecule has 1 heterocycles. The van der Waals surface area contributed by atoms with Gasteiger partial charge in [0.15, 0.2) is 11.5 Å². The molecule has 0 saturated carbocycles. The molecule has 1 aliphatic heterocycles. The molecule has 0 aliphatic carbocycles. The molecule has 2 aromatic rings. The maximum atomic E-state index is 12.7. The van der Waals surface area contributed by atoms with Crippen molar-refractivity contribution in [3.05, 3.63) is 59.7 Å². The molecule has 0 N–H and O–H groups in total. The Morgan fingerprint density at radius 1 is 0.679 bits per heavy atom. The van der Waals surface area contributed by atoms with Crippen molar-refractivity contribution in [1.82, 2.24) is 0 Å². The van der Waals surface area contributed by atoms with Gasteiger partial charge in [-0.25, -0.2) is 0 Å². The maximum Gasteiger partial charge on any atom is 0.586 e. The average Bonchev–Trinajstić information content (AvgIpc) is 2.89. The Hall–Kier alpha value is -2.10. The molecule has 2 nitrogen and oxygen atoms in total. The maximum absolute atomic E-state index is 12.7. The molecular formula is C24H36F2O2. The minimum absolute atomic E-state index is 0. The predicted molar refractivity (Wildman–Crippen MR) is 115 cm³/mol. The van der Waals surface area contributed by atoms with E-state index in [9.17, 15) is 8.78 Å². The summed E-state index contributed by atoms with van der Waals surface area (Å²) in [6.07, 6.45) is -3.53. The van der Waals surface area contributed by atoms with Crippen LogP contribution in [0.1, 0.15) is 73.9 Å². The molecule has 1 aliphatic rings. The Labute approximate surface area is 169 Å². The molecule has 0 spiro atoms. The predicted octanol–water partition coefficient (Wildman–Crippen LogP) is 7.95. The van der Waals surface area contributed by atoms with E-state index in [1.165, 1.54) is 11.6 Å². The fourth-order valence-corrected chi connectivity index (χ4v) is 2.35. The lowest BCUT2D eigenvalue weighted by Crippen LogP contribution is -2.25. The molecule has 3 rings (SSSR count). The molecule has 0 saturated heterocycles. The van der Waals surface area contributed by atoms with Gasteiger partial charge >= 0.3 is 6.29 Å². The van der Waals surface area contributed by atoms with Gasteiger partial charge in [0.25, 0.3) is 0 Å². The van der Waals surface area contributed by atoms with Crippen molar-refractivity contribution < 1.29 is 18.3 Å². The SMILES string of the molecule is C.CC.CC(C)(C)c1ccc2c(c1)OC(F)(F)O2.CC(C)(C)c1ccccc1. The number of ether oxygens (including phenoxy) is 2.